The standard InChI is InChI=1S/C21H27N3O3S2/c1-3-24(14-17-7-5-4-6-8-17)12-11-22-29(26,27)18-9-10-20-19(13-18)23-21(25)16(2)15-28-20/h4-10,13,16,22H,3,11-12,14-15H2,1-2H3,(H,23,25). The molecule has 1 aliphatic heterocycles. The van der Waals surface area contributed by atoms with E-state index in [0.29, 0.717) is 24.5 Å². The molecule has 2 aromatic rings. The summed E-state index contributed by atoms with van der Waals surface area (Å²) in [6, 6.07) is 15.0. The van der Waals surface area contributed by atoms with Gasteiger partial charge < -0.3 is 5.32 Å². The van der Waals surface area contributed by atoms with Crippen molar-refractivity contribution in [2.24, 2.45) is 5.92 Å². The number of hydrogen-bond acceptors (Lipinski definition) is 5. The molecule has 2 aromatic carbocycles. The van der Waals surface area contributed by atoms with Crippen molar-refractivity contribution in [3.05, 3.63) is 54.1 Å². The molecule has 8 heteroatoms. The largest absolute Gasteiger partial charge is 0.325 e. The van der Waals surface area contributed by atoms with Crippen LogP contribution in [0.5, 0.6) is 0 Å². The van der Waals surface area contributed by atoms with E-state index in [2.05, 4.69) is 34.0 Å². The Bertz CT molecular complexity index is 949. The lowest BCUT2D eigenvalue weighted by atomic mass is 10.2. The van der Waals surface area contributed by atoms with Gasteiger partial charge in [0, 0.05) is 36.2 Å². The number of fused-ring (bicyclic) bond motifs is 1. The molecule has 1 heterocycles. The summed E-state index contributed by atoms with van der Waals surface area (Å²) in [5.74, 6) is 0.478. The van der Waals surface area contributed by atoms with Crippen LogP contribution in [0, 0.1) is 5.92 Å². The quantitative estimate of drug-likeness (QED) is 0.669. The monoisotopic (exact) mass is 433 g/mol. The average molecular weight is 434 g/mol. The zero-order valence-corrected chi connectivity index (χ0v) is 18.4. The van der Waals surface area contributed by atoms with Crippen LogP contribution in [0.25, 0.3) is 0 Å². The fourth-order valence-corrected chi connectivity index (χ4v) is 5.12. The van der Waals surface area contributed by atoms with Gasteiger partial charge in [-0.3, -0.25) is 9.69 Å². The van der Waals surface area contributed by atoms with Crippen molar-refractivity contribution in [3.63, 3.8) is 0 Å². The first-order chi connectivity index (χ1) is 13.9. The number of thioether (sulfide) groups is 1. The van der Waals surface area contributed by atoms with Crippen molar-refractivity contribution in [1.29, 1.82) is 0 Å². The third-order valence-electron chi connectivity index (χ3n) is 4.87. The zero-order chi connectivity index (χ0) is 20.9. The van der Waals surface area contributed by atoms with E-state index < -0.39 is 10.0 Å². The molecule has 3 rings (SSSR count). The Morgan fingerprint density at radius 3 is 2.69 bits per heavy atom. The summed E-state index contributed by atoms with van der Waals surface area (Å²) >= 11 is 1.56. The highest BCUT2D eigenvalue weighted by Crippen LogP contribution is 2.34. The van der Waals surface area contributed by atoms with E-state index in [1.54, 1.807) is 30.0 Å². The van der Waals surface area contributed by atoms with Gasteiger partial charge in [0.05, 0.1) is 10.6 Å². The summed E-state index contributed by atoms with van der Waals surface area (Å²) in [5.41, 5.74) is 1.76. The fraction of sp³-hybridized carbons (Fsp3) is 0.381. The van der Waals surface area contributed by atoms with Gasteiger partial charge in [-0.05, 0) is 30.3 Å². The number of amides is 1. The number of sulfonamides is 1. The van der Waals surface area contributed by atoms with Gasteiger partial charge in [-0.25, -0.2) is 13.1 Å². The molecule has 1 aliphatic rings. The van der Waals surface area contributed by atoms with Gasteiger partial charge in [-0.15, -0.1) is 11.8 Å². The van der Waals surface area contributed by atoms with Crippen LogP contribution in [0.3, 0.4) is 0 Å². The number of likely N-dealkylation sites (N-methyl/N-ethyl adjacent to an activating group) is 1. The molecular formula is C21H27N3O3S2. The number of carbonyl (C=O) groups excluding carboxylic acids is 1. The number of nitrogens with one attached hydrogen (secondary N) is 2. The van der Waals surface area contributed by atoms with Crippen molar-refractivity contribution in [3.8, 4) is 0 Å². The minimum atomic E-state index is -3.65. The topological polar surface area (TPSA) is 78.5 Å². The van der Waals surface area contributed by atoms with E-state index in [4.69, 9.17) is 0 Å². The molecule has 29 heavy (non-hydrogen) atoms. The average Bonchev–Trinajstić information content (AvgIpc) is 2.85. The molecule has 0 aromatic heterocycles. The van der Waals surface area contributed by atoms with Gasteiger partial charge in [0.1, 0.15) is 0 Å². The number of rotatable bonds is 8. The number of nitrogens with zero attached hydrogens (tertiary/aromatic N) is 1. The molecule has 2 N–H and O–H groups in total. The third kappa shape index (κ3) is 5.82. The first-order valence-corrected chi connectivity index (χ1v) is 12.2. The Morgan fingerprint density at radius 1 is 1.21 bits per heavy atom. The predicted octanol–water partition coefficient (Wildman–Crippen LogP) is 3.17. The van der Waals surface area contributed by atoms with Gasteiger partial charge in [-0.1, -0.05) is 44.2 Å². The van der Waals surface area contributed by atoms with Crippen molar-refractivity contribution in [1.82, 2.24) is 9.62 Å². The van der Waals surface area contributed by atoms with Gasteiger partial charge in [0.15, 0.2) is 0 Å². The number of carbonyl (C=O) groups is 1. The Morgan fingerprint density at radius 2 is 1.97 bits per heavy atom. The summed E-state index contributed by atoms with van der Waals surface area (Å²) in [6.07, 6.45) is 0. The summed E-state index contributed by atoms with van der Waals surface area (Å²) in [5, 5.41) is 2.84. The lowest BCUT2D eigenvalue weighted by Crippen LogP contribution is -2.34. The molecule has 0 radical (unpaired) electrons. The van der Waals surface area contributed by atoms with Gasteiger partial charge in [0.25, 0.3) is 0 Å². The van der Waals surface area contributed by atoms with Crippen LogP contribution in [0.2, 0.25) is 0 Å². The maximum Gasteiger partial charge on any atom is 0.240 e. The Kier molecular flexibility index (Phi) is 7.34. The van der Waals surface area contributed by atoms with E-state index in [0.717, 1.165) is 18.0 Å². The van der Waals surface area contributed by atoms with Crippen LogP contribution in [-0.4, -0.2) is 44.6 Å². The molecule has 156 valence electrons. The minimum Gasteiger partial charge on any atom is -0.325 e. The van der Waals surface area contributed by atoms with Crippen LogP contribution < -0.4 is 10.0 Å². The molecule has 0 fully saturated rings. The zero-order valence-electron chi connectivity index (χ0n) is 16.7. The van der Waals surface area contributed by atoms with Crippen LogP contribution in [0.1, 0.15) is 19.4 Å². The molecule has 6 nitrogen and oxygen atoms in total. The summed E-state index contributed by atoms with van der Waals surface area (Å²) in [4.78, 5) is 15.3. The van der Waals surface area contributed by atoms with E-state index in [1.807, 2.05) is 25.1 Å². The Balaban J connectivity index is 1.62. The first kappa shape index (κ1) is 21.8. The Hall–Kier alpha value is -1.87. The van der Waals surface area contributed by atoms with E-state index >= 15 is 0 Å². The maximum atomic E-state index is 12.7. The molecule has 1 atom stereocenters. The van der Waals surface area contributed by atoms with Gasteiger partial charge >= 0.3 is 0 Å². The van der Waals surface area contributed by atoms with Crippen molar-refractivity contribution >= 4 is 33.4 Å². The van der Waals surface area contributed by atoms with Crippen molar-refractivity contribution < 1.29 is 13.2 Å². The van der Waals surface area contributed by atoms with Gasteiger partial charge in [0.2, 0.25) is 15.9 Å². The highest BCUT2D eigenvalue weighted by molar-refractivity contribution is 7.99. The molecule has 0 spiro atoms. The predicted molar refractivity (Wildman–Crippen MR) is 118 cm³/mol. The second kappa shape index (κ2) is 9.75. The second-order valence-electron chi connectivity index (χ2n) is 7.11. The van der Waals surface area contributed by atoms with Crippen molar-refractivity contribution in [2.45, 2.75) is 30.2 Å². The highest BCUT2D eigenvalue weighted by Gasteiger charge is 2.22. The molecule has 0 saturated heterocycles. The molecule has 0 aliphatic carbocycles. The summed E-state index contributed by atoms with van der Waals surface area (Å²) in [7, 11) is -3.65. The SMILES string of the molecule is CCN(CCNS(=O)(=O)c1ccc2c(c1)NC(=O)C(C)CS2)Cc1ccccc1. The Labute approximate surface area is 177 Å². The number of anilines is 1. The van der Waals surface area contributed by atoms with Crippen LogP contribution >= 0.6 is 11.8 Å². The first-order valence-electron chi connectivity index (χ1n) is 9.72. The molecule has 1 unspecified atom stereocenters. The molecular weight excluding hydrogens is 406 g/mol. The smallest absolute Gasteiger partial charge is 0.240 e. The summed E-state index contributed by atoms with van der Waals surface area (Å²) in [6.45, 7) is 6.46. The maximum absolute atomic E-state index is 12.7. The minimum absolute atomic E-state index is 0.0849. The molecule has 0 saturated carbocycles. The third-order valence-corrected chi connectivity index (χ3v) is 7.66. The van der Waals surface area contributed by atoms with E-state index in [9.17, 15) is 13.2 Å². The van der Waals surface area contributed by atoms with E-state index in [-0.39, 0.29) is 16.7 Å². The second-order valence-corrected chi connectivity index (χ2v) is 9.94. The number of benzene rings is 2. The van der Waals surface area contributed by atoms with Crippen LogP contribution in [-0.2, 0) is 21.4 Å². The summed E-state index contributed by atoms with van der Waals surface area (Å²) < 4.78 is 28.1. The van der Waals surface area contributed by atoms with Crippen LogP contribution in [0.15, 0.2) is 58.3 Å². The van der Waals surface area contributed by atoms with Gasteiger partial charge in [-0.2, -0.15) is 0 Å². The lowest BCUT2D eigenvalue weighted by Gasteiger charge is -2.20. The van der Waals surface area contributed by atoms with Crippen molar-refractivity contribution in [2.75, 3.05) is 30.7 Å². The van der Waals surface area contributed by atoms with Crippen LogP contribution in [0.4, 0.5) is 5.69 Å². The fourth-order valence-electron chi connectivity index (χ4n) is 3.06. The highest BCUT2D eigenvalue weighted by atomic mass is 32.2. The molecule has 1 amide bonds. The number of hydrogen-bond donors (Lipinski definition) is 2. The van der Waals surface area contributed by atoms with E-state index in [1.165, 1.54) is 5.56 Å². The lowest BCUT2D eigenvalue weighted by molar-refractivity contribution is -0.118. The molecule has 0 bridgehead atoms. The normalized spacial score (nSPS) is 16.9.